The Morgan fingerprint density at radius 3 is 2.16 bits per heavy atom. The third kappa shape index (κ3) is 5.42. The molecule has 14 atom stereocenters. The van der Waals surface area contributed by atoms with Crippen LogP contribution in [0.25, 0.3) is 0 Å². The summed E-state index contributed by atoms with van der Waals surface area (Å²) >= 11 is 0. The Morgan fingerprint density at radius 1 is 0.745 bits per heavy atom. The van der Waals surface area contributed by atoms with Gasteiger partial charge in [0, 0.05) is 30.6 Å². The molecule has 0 heterocycles. The van der Waals surface area contributed by atoms with Crippen molar-refractivity contribution in [3.05, 3.63) is 23.3 Å². The maximum absolute atomic E-state index is 14.2. The van der Waals surface area contributed by atoms with E-state index in [9.17, 15) is 24.3 Å². The van der Waals surface area contributed by atoms with E-state index in [4.69, 9.17) is 9.47 Å². The molecule has 0 saturated heterocycles. The molecule has 0 aliphatic heterocycles. The lowest BCUT2D eigenvalue weighted by molar-refractivity contribution is -0.173. The molecular formula is C44H62O7. The number of aliphatic hydroxyl groups is 1. The third-order valence-electron chi connectivity index (χ3n) is 17.7. The molecule has 51 heavy (non-hydrogen) atoms. The average molecular weight is 703 g/mol. The van der Waals surface area contributed by atoms with Gasteiger partial charge in [0.2, 0.25) is 0 Å². The molecule has 0 aromatic carbocycles. The number of hydrogen-bond donors (Lipinski definition) is 1. The van der Waals surface area contributed by atoms with Gasteiger partial charge in [0.05, 0.1) is 12.5 Å². The van der Waals surface area contributed by atoms with Crippen LogP contribution in [0.1, 0.15) is 144 Å². The van der Waals surface area contributed by atoms with Crippen LogP contribution in [-0.2, 0) is 28.7 Å². The lowest BCUT2D eigenvalue weighted by Gasteiger charge is -2.60. The molecule has 0 amide bonds. The predicted molar refractivity (Wildman–Crippen MR) is 193 cm³/mol. The summed E-state index contributed by atoms with van der Waals surface area (Å²) in [4.78, 5) is 52.9. The minimum atomic E-state index is -0.720. The summed E-state index contributed by atoms with van der Waals surface area (Å²) in [7, 11) is 0. The number of fused-ring (bicyclic) bond motifs is 10. The van der Waals surface area contributed by atoms with Crippen molar-refractivity contribution in [1.82, 2.24) is 0 Å². The van der Waals surface area contributed by atoms with Crippen molar-refractivity contribution >= 4 is 23.5 Å². The summed E-state index contributed by atoms with van der Waals surface area (Å²) in [5.41, 5.74) is 2.14. The number of aliphatic hydroxyl groups excluding tert-OH is 1. The Kier molecular flexibility index (Phi) is 8.87. The summed E-state index contributed by atoms with van der Waals surface area (Å²) < 4.78 is 12.7. The zero-order chi connectivity index (χ0) is 36.1. The second-order valence-corrected chi connectivity index (χ2v) is 19.4. The quantitative estimate of drug-likeness (QED) is 0.278. The Hall–Kier alpha value is -2.28. The van der Waals surface area contributed by atoms with Gasteiger partial charge < -0.3 is 14.6 Å². The summed E-state index contributed by atoms with van der Waals surface area (Å²) in [5.74, 6) is 2.29. The summed E-state index contributed by atoms with van der Waals surface area (Å²) in [6.07, 6.45) is 16.6. The number of carbonyl (C=O) groups excluding carboxylic acids is 4. The summed E-state index contributed by atoms with van der Waals surface area (Å²) in [6, 6.07) is 0. The number of ketones is 2. The average Bonchev–Trinajstić information content (AvgIpc) is 3.59. The second kappa shape index (κ2) is 12.7. The van der Waals surface area contributed by atoms with Crippen molar-refractivity contribution in [2.75, 3.05) is 0 Å². The van der Waals surface area contributed by atoms with Gasteiger partial charge in [-0.25, -0.2) is 0 Å². The molecular weight excluding hydrogens is 640 g/mol. The smallest absolute Gasteiger partial charge is 0.309 e. The Balaban J connectivity index is 1.02. The molecule has 8 rings (SSSR count). The van der Waals surface area contributed by atoms with Gasteiger partial charge in [0.25, 0.3) is 0 Å². The Labute approximate surface area is 305 Å². The predicted octanol–water partition coefficient (Wildman–Crippen LogP) is 8.26. The molecule has 7 heteroatoms. The first-order valence-electron chi connectivity index (χ1n) is 20.8. The molecule has 0 aromatic heterocycles. The molecule has 0 aromatic rings. The van der Waals surface area contributed by atoms with Gasteiger partial charge in [-0.1, -0.05) is 45.8 Å². The molecule has 6 saturated carbocycles. The van der Waals surface area contributed by atoms with Crippen LogP contribution in [0.5, 0.6) is 0 Å². The van der Waals surface area contributed by atoms with E-state index in [0.717, 1.165) is 83.5 Å². The van der Waals surface area contributed by atoms with Gasteiger partial charge in [-0.2, -0.15) is 0 Å². The van der Waals surface area contributed by atoms with E-state index in [1.54, 1.807) is 6.92 Å². The monoisotopic (exact) mass is 702 g/mol. The van der Waals surface area contributed by atoms with E-state index >= 15 is 0 Å². The van der Waals surface area contributed by atoms with Gasteiger partial charge in [-0.05, 0) is 147 Å². The van der Waals surface area contributed by atoms with Crippen LogP contribution in [0.3, 0.4) is 0 Å². The van der Waals surface area contributed by atoms with Gasteiger partial charge in [0.15, 0.2) is 11.6 Å². The molecule has 8 aliphatic carbocycles. The number of rotatable bonds is 6. The van der Waals surface area contributed by atoms with Gasteiger partial charge in [-0.15, -0.1) is 0 Å². The first kappa shape index (κ1) is 35.7. The van der Waals surface area contributed by atoms with Crippen LogP contribution in [0, 0.1) is 63.1 Å². The van der Waals surface area contributed by atoms with E-state index in [1.165, 1.54) is 11.1 Å². The molecule has 2 unspecified atom stereocenters. The van der Waals surface area contributed by atoms with Crippen molar-refractivity contribution in [1.29, 1.82) is 0 Å². The first-order chi connectivity index (χ1) is 24.2. The van der Waals surface area contributed by atoms with E-state index in [1.807, 2.05) is 12.2 Å². The van der Waals surface area contributed by atoms with Gasteiger partial charge >= 0.3 is 11.9 Å². The standard InChI is InChI=1S/C44H62O7/c1-6-39(48)50-36(35-23-28(46)22-26-8-10-30-31-11-13-37(47)42(31,3)19-17-34(30)44(26,35)5)24-40(49)51-38-14-12-32-29-9-7-25-21-27(45)15-18-41(25,2)33(29)16-20-43(32,38)4/h21-22,29-38,47H,6-20,23-24H2,1-5H3/t29-,30-,31-,32-,33-,34-,35?,36?,37-,38-,41-,42-,43-,44-/m0/s1. The Morgan fingerprint density at radius 2 is 1.39 bits per heavy atom. The first-order valence-corrected chi connectivity index (χ1v) is 20.8. The van der Waals surface area contributed by atoms with E-state index in [0.29, 0.717) is 41.9 Å². The van der Waals surface area contributed by atoms with Crippen LogP contribution < -0.4 is 0 Å². The number of esters is 2. The number of carbonyl (C=O) groups is 4. The highest BCUT2D eigenvalue weighted by molar-refractivity contribution is 5.92. The number of hydrogen-bond acceptors (Lipinski definition) is 7. The van der Waals surface area contributed by atoms with Crippen molar-refractivity contribution < 1.29 is 33.8 Å². The minimum absolute atomic E-state index is 0.0205. The zero-order valence-electron chi connectivity index (χ0n) is 31.8. The van der Waals surface area contributed by atoms with Crippen LogP contribution in [0.2, 0.25) is 0 Å². The lowest BCUT2D eigenvalue weighted by Crippen LogP contribution is -2.56. The van der Waals surface area contributed by atoms with Crippen LogP contribution in [0.15, 0.2) is 23.3 Å². The number of allylic oxidation sites excluding steroid dienone is 2. The van der Waals surface area contributed by atoms with Crippen molar-refractivity contribution in [2.45, 2.75) is 162 Å². The molecule has 0 spiro atoms. The fraction of sp³-hybridized carbons (Fsp3) is 0.818. The molecule has 8 aliphatic rings. The van der Waals surface area contributed by atoms with Gasteiger partial charge in [-0.3, -0.25) is 19.2 Å². The van der Waals surface area contributed by atoms with Crippen molar-refractivity contribution in [2.24, 2.45) is 63.1 Å². The molecule has 0 bridgehead atoms. The summed E-state index contributed by atoms with van der Waals surface area (Å²) in [5, 5.41) is 11.0. The SMILES string of the molecule is CCC(=O)OC(CC(=O)O[C@H]1CC[C@H]2[C@@H]3CCC4=CC(=O)CC[C@]4(C)[C@H]3CC[C@]12C)C1CC(=O)C=C2CC[C@H]3[C@@H]4CC[C@H](O)[C@@]4(C)CC[C@@H]3[C@]21C. The largest absolute Gasteiger partial charge is 0.462 e. The normalized spacial score (nSPS) is 47.7. The maximum atomic E-state index is 14.2. The third-order valence-corrected chi connectivity index (χ3v) is 17.7. The van der Waals surface area contributed by atoms with Crippen molar-refractivity contribution in [3.63, 3.8) is 0 Å². The fourth-order valence-corrected chi connectivity index (χ4v) is 14.8. The van der Waals surface area contributed by atoms with Gasteiger partial charge in [0.1, 0.15) is 12.2 Å². The van der Waals surface area contributed by atoms with Crippen LogP contribution in [-0.4, -0.2) is 46.9 Å². The van der Waals surface area contributed by atoms with E-state index in [-0.39, 0.29) is 82.6 Å². The van der Waals surface area contributed by atoms with E-state index in [2.05, 4.69) is 27.7 Å². The molecule has 0 radical (unpaired) electrons. The molecule has 280 valence electrons. The fourth-order valence-electron chi connectivity index (χ4n) is 14.8. The van der Waals surface area contributed by atoms with Crippen LogP contribution in [0.4, 0.5) is 0 Å². The van der Waals surface area contributed by atoms with Crippen LogP contribution >= 0.6 is 0 Å². The highest BCUT2D eigenvalue weighted by Gasteiger charge is 2.63. The minimum Gasteiger partial charge on any atom is -0.462 e. The molecule has 6 fully saturated rings. The molecule has 7 nitrogen and oxygen atoms in total. The highest BCUT2D eigenvalue weighted by Crippen LogP contribution is 2.68. The van der Waals surface area contributed by atoms with Crippen molar-refractivity contribution in [3.8, 4) is 0 Å². The second-order valence-electron chi connectivity index (χ2n) is 19.4. The topological polar surface area (TPSA) is 107 Å². The maximum Gasteiger partial charge on any atom is 0.309 e. The highest BCUT2D eigenvalue weighted by atomic mass is 16.6. The molecule has 1 N–H and O–H groups in total. The van der Waals surface area contributed by atoms with E-state index < -0.39 is 6.10 Å². The number of ether oxygens (including phenoxy) is 2. The zero-order valence-corrected chi connectivity index (χ0v) is 31.8. The summed E-state index contributed by atoms with van der Waals surface area (Å²) in [6.45, 7) is 11.1. The Bertz CT molecular complexity index is 1540. The lowest BCUT2D eigenvalue weighted by atomic mass is 9.44.